The van der Waals surface area contributed by atoms with Crippen LogP contribution in [-0.2, 0) is 9.53 Å². The highest BCUT2D eigenvalue weighted by Crippen LogP contribution is 2.37. The fourth-order valence-electron chi connectivity index (χ4n) is 2.94. The van der Waals surface area contributed by atoms with Gasteiger partial charge in [-0.1, -0.05) is 42.5 Å². The third kappa shape index (κ3) is 4.07. The maximum atomic E-state index is 14.0. The zero-order chi connectivity index (χ0) is 19.3. The number of hydrogen-bond donors (Lipinski definition) is 0. The highest BCUT2D eigenvalue weighted by atomic mass is 32.2. The number of halogens is 1. The van der Waals surface area contributed by atoms with E-state index in [1.165, 1.54) is 17.8 Å². The van der Waals surface area contributed by atoms with E-state index in [-0.39, 0.29) is 22.6 Å². The lowest BCUT2D eigenvalue weighted by Crippen LogP contribution is -2.42. The van der Waals surface area contributed by atoms with Crippen molar-refractivity contribution < 1.29 is 18.3 Å². The van der Waals surface area contributed by atoms with Crippen molar-refractivity contribution in [1.29, 1.82) is 0 Å². The van der Waals surface area contributed by atoms with Gasteiger partial charge in [-0.15, -0.1) is 10.2 Å². The van der Waals surface area contributed by atoms with Crippen LogP contribution in [0.15, 0.2) is 64.2 Å². The minimum atomic E-state index is -0.534. The first-order chi connectivity index (χ1) is 13.7. The van der Waals surface area contributed by atoms with E-state index < -0.39 is 11.1 Å². The van der Waals surface area contributed by atoms with Gasteiger partial charge in [0.15, 0.2) is 0 Å². The number of hydrogen-bond acceptors (Lipinski definition) is 6. The molecule has 0 N–H and O–H groups in total. The molecule has 1 aliphatic heterocycles. The monoisotopic (exact) mass is 399 g/mol. The average molecular weight is 399 g/mol. The van der Waals surface area contributed by atoms with Gasteiger partial charge in [-0.25, -0.2) is 4.39 Å². The molecule has 1 saturated heterocycles. The fourth-order valence-corrected chi connectivity index (χ4v) is 3.90. The molecule has 8 heteroatoms. The van der Waals surface area contributed by atoms with Gasteiger partial charge in [0, 0.05) is 13.1 Å². The predicted molar refractivity (Wildman–Crippen MR) is 102 cm³/mol. The van der Waals surface area contributed by atoms with Crippen LogP contribution in [0, 0.1) is 5.82 Å². The van der Waals surface area contributed by atoms with Crippen molar-refractivity contribution >= 4 is 17.7 Å². The number of ether oxygens (including phenoxy) is 1. The molecule has 0 bridgehead atoms. The van der Waals surface area contributed by atoms with E-state index in [2.05, 4.69) is 10.2 Å². The molecule has 0 aliphatic carbocycles. The van der Waals surface area contributed by atoms with Crippen molar-refractivity contribution in [3.63, 3.8) is 0 Å². The zero-order valence-electron chi connectivity index (χ0n) is 15.0. The number of carbonyl (C=O) groups excluding carboxylic acids is 1. The molecule has 4 rings (SSSR count). The quantitative estimate of drug-likeness (QED) is 0.611. The van der Waals surface area contributed by atoms with E-state index >= 15 is 0 Å². The molecule has 1 aromatic heterocycles. The first-order valence-electron chi connectivity index (χ1n) is 8.89. The van der Waals surface area contributed by atoms with Crippen LogP contribution in [0.1, 0.15) is 10.8 Å². The Hall–Kier alpha value is -2.71. The molecule has 0 unspecified atom stereocenters. The number of morpholine rings is 1. The molecule has 2 aromatic carbocycles. The number of carbonyl (C=O) groups is 1. The van der Waals surface area contributed by atoms with Crippen LogP contribution in [0.25, 0.3) is 11.5 Å². The Kier molecular flexibility index (Phi) is 5.68. The van der Waals surface area contributed by atoms with Crippen molar-refractivity contribution in [3.05, 3.63) is 66.0 Å². The summed E-state index contributed by atoms with van der Waals surface area (Å²) in [5.41, 5.74) is 1.08. The van der Waals surface area contributed by atoms with Crippen molar-refractivity contribution in [2.45, 2.75) is 10.5 Å². The second-order valence-electron chi connectivity index (χ2n) is 6.20. The normalized spacial score (nSPS) is 15.4. The Labute approximate surface area is 165 Å². The number of rotatable bonds is 5. The SMILES string of the molecule is O=C([C@@H](Sc1nnc(-c2ccccc2F)o1)c1ccccc1)N1CCOCC1. The number of amides is 1. The summed E-state index contributed by atoms with van der Waals surface area (Å²) in [6.45, 7) is 2.14. The molecule has 1 atom stereocenters. The van der Waals surface area contributed by atoms with Gasteiger partial charge >= 0.3 is 0 Å². The Morgan fingerprint density at radius 2 is 1.75 bits per heavy atom. The Morgan fingerprint density at radius 3 is 2.50 bits per heavy atom. The summed E-state index contributed by atoms with van der Waals surface area (Å²) >= 11 is 1.17. The molecule has 1 fully saturated rings. The topological polar surface area (TPSA) is 68.5 Å². The van der Waals surface area contributed by atoms with E-state index in [0.29, 0.717) is 26.3 Å². The number of aromatic nitrogens is 2. The summed E-state index contributed by atoms with van der Waals surface area (Å²) in [6.07, 6.45) is 0. The Balaban J connectivity index is 1.59. The Morgan fingerprint density at radius 1 is 1.04 bits per heavy atom. The first-order valence-corrected chi connectivity index (χ1v) is 9.77. The van der Waals surface area contributed by atoms with E-state index in [0.717, 1.165) is 5.56 Å². The largest absolute Gasteiger partial charge is 0.411 e. The highest BCUT2D eigenvalue weighted by molar-refractivity contribution is 8.00. The van der Waals surface area contributed by atoms with Crippen molar-refractivity contribution in [2.24, 2.45) is 0 Å². The molecule has 1 aliphatic rings. The molecule has 2 heterocycles. The van der Waals surface area contributed by atoms with Crippen molar-refractivity contribution in [3.8, 4) is 11.5 Å². The van der Waals surface area contributed by atoms with E-state index in [1.54, 1.807) is 23.1 Å². The molecular weight excluding hydrogens is 381 g/mol. The summed E-state index contributed by atoms with van der Waals surface area (Å²) in [6, 6.07) is 15.7. The second kappa shape index (κ2) is 8.53. The smallest absolute Gasteiger partial charge is 0.277 e. The van der Waals surface area contributed by atoms with Crippen LogP contribution in [0.4, 0.5) is 4.39 Å². The molecule has 0 saturated carbocycles. The zero-order valence-corrected chi connectivity index (χ0v) is 15.8. The predicted octanol–water partition coefficient (Wildman–Crippen LogP) is 3.57. The minimum absolute atomic E-state index is 0.0369. The first kappa shape index (κ1) is 18.6. The van der Waals surface area contributed by atoms with E-state index in [9.17, 15) is 9.18 Å². The van der Waals surface area contributed by atoms with Gasteiger partial charge in [-0.3, -0.25) is 4.79 Å². The van der Waals surface area contributed by atoms with Gasteiger partial charge < -0.3 is 14.1 Å². The maximum absolute atomic E-state index is 14.0. The van der Waals surface area contributed by atoms with Gasteiger partial charge in [0.25, 0.3) is 11.1 Å². The summed E-state index contributed by atoms with van der Waals surface area (Å²) in [4.78, 5) is 14.9. The van der Waals surface area contributed by atoms with E-state index in [1.807, 2.05) is 30.3 Å². The number of thioether (sulfide) groups is 1. The lowest BCUT2D eigenvalue weighted by atomic mass is 10.1. The van der Waals surface area contributed by atoms with Crippen LogP contribution in [0.3, 0.4) is 0 Å². The van der Waals surface area contributed by atoms with Crippen LogP contribution < -0.4 is 0 Å². The molecule has 6 nitrogen and oxygen atoms in total. The van der Waals surface area contributed by atoms with Gasteiger partial charge in [0.05, 0.1) is 18.8 Å². The van der Waals surface area contributed by atoms with Crippen molar-refractivity contribution in [1.82, 2.24) is 15.1 Å². The lowest BCUT2D eigenvalue weighted by molar-refractivity contribution is -0.134. The summed E-state index contributed by atoms with van der Waals surface area (Å²) in [5, 5.41) is 7.64. The molecule has 144 valence electrons. The molecule has 0 radical (unpaired) electrons. The van der Waals surface area contributed by atoms with Crippen LogP contribution in [-0.4, -0.2) is 47.3 Å². The van der Waals surface area contributed by atoms with Crippen LogP contribution in [0.2, 0.25) is 0 Å². The molecule has 0 spiro atoms. The lowest BCUT2D eigenvalue weighted by Gasteiger charge is -2.29. The van der Waals surface area contributed by atoms with Gasteiger partial charge in [0.1, 0.15) is 11.1 Å². The summed E-state index contributed by atoms with van der Waals surface area (Å²) in [7, 11) is 0. The molecule has 1 amide bonds. The molecule has 28 heavy (non-hydrogen) atoms. The maximum Gasteiger partial charge on any atom is 0.277 e. The number of benzene rings is 2. The second-order valence-corrected chi connectivity index (χ2v) is 7.26. The third-order valence-electron chi connectivity index (χ3n) is 4.38. The summed E-state index contributed by atoms with van der Waals surface area (Å²) < 4.78 is 25.0. The highest BCUT2D eigenvalue weighted by Gasteiger charge is 2.30. The van der Waals surface area contributed by atoms with Gasteiger partial charge in [-0.2, -0.15) is 0 Å². The third-order valence-corrected chi connectivity index (χ3v) is 5.45. The molecule has 3 aromatic rings. The van der Waals surface area contributed by atoms with Crippen LogP contribution >= 0.6 is 11.8 Å². The average Bonchev–Trinajstić information content (AvgIpc) is 3.21. The van der Waals surface area contributed by atoms with E-state index in [4.69, 9.17) is 9.15 Å². The number of nitrogens with zero attached hydrogens (tertiary/aromatic N) is 3. The van der Waals surface area contributed by atoms with Gasteiger partial charge in [-0.05, 0) is 29.5 Å². The van der Waals surface area contributed by atoms with Gasteiger partial charge in [0.2, 0.25) is 5.91 Å². The summed E-state index contributed by atoms with van der Waals surface area (Å²) in [5.74, 6) is -0.386. The fraction of sp³-hybridized carbons (Fsp3) is 0.250. The Bertz CT molecular complexity index is 945. The van der Waals surface area contributed by atoms with Crippen molar-refractivity contribution in [2.75, 3.05) is 26.3 Å². The van der Waals surface area contributed by atoms with Crippen LogP contribution in [0.5, 0.6) is 0 Å². The minimum Gasteiger partial charge on any atom is -0.411 e. The standard InChI is InChI=1S/C20H18FN3O3S/c21-16-9-5-4-8-15(16)18-22-23-20(27-18)28-17(14-6-2-1-3-7-14)19(25)24-10-12-26-13-11-24/h1-9,17H,10-13H2/t17-/m0/s1. The molecular formula is C20H18FN3O3S.